The topological polar surface area (TPSA) is 39.4 Å². The van der Waals surface area contributed by atoms with E-state index in [0.29, 0.717) is 0 Å². The first-order valence-corrected chi connectivity index (χ1v) is 4.82. The standard InChI is InChI=1S/C12H15N3/c1-10(14-15(2)3)12(9-13)11-7-5-4-6-8-11/h4-8,12H,1-3H3/b14-10+. The average molecular weight is 201 g/mol. The second-order valence-corrected chi connectivity index (χ2v) is 3.56. The summed E-state index contributed by atoms with van der Waals surface area (Å²) in [6, 6.07) is 12.0. The number of hydrogen-bond donors (Lipinski definition) is 0. The lowest BCUT2D eigenvalue weighted by atomic mass is 9.97. The van der Waals surface area contributed by atoms with Gasteiger partial charge in [-0.3, -0.25) is 0 Å². The molecule has 0 saturated carbocycles. The summed E-state index contributed by atoms with van der Waals surface area (Å²) in [4.78, 5) is 0. The third-order valence-corrected chi connectivity index (χ3v) is 2.04. The van der Waals surface area contributed by atoms with Gasteiger partial charge in [0.1, 0.15) is 5.92 Å². The maximum Gasteiger partial charge on any atom is 0.111 e. The Kier molecular flexibility index (Phi) is 3.87. The molecule has 0 aliphatic heterocycles. The summed E-state index contributed by atoms with van der Waals surface area (Å²) in [6.07, 6.45) is 0. The minimum Gasteiger partial charge on any atom is -0.303 e. The number of hydrazone groups is 1. The fourth-order valence-electron chi connectivity index (χ4n) is 1.43. The quantitative estimate of drug-likeness (QED) is 0.555. The number of rotatable bonds is 3. The summed E-state index contributed by atoms with van der Waals surface area (Å²) in [5, 5.41) is 15.1. The van der Waals surface area contributed by atoms with E-state index in [4.69, 9.17) is 5.26 Å². The van der Waals surface area contributed by atoms with Gasteiger partial charge in [0.25, 0.3) is 0 Å². The Balaban J connectivity index is 2.97. The van der Waals surface area contributed by atoms with Gasteiger partial charge in [-0.2, -0.15) is 10.4 Å². The Morgan fingerprint density at radius 1 is 1.33 bits per heavy atom. The first-order chi connectivity index (χ1) is 7.15. The van der Waals surface area contributed by atoms with Gasteiger partial charge in [0, 0.05) is 14.1 Å². The van der Waals surface area contributed by atoms with Crippen LogP contribution in [0.4, 0.5) is 0 Å². The lowest BCUT2D eigenvalue weighted by Crippen LogP contribution is -2.13. The fourth-order valence-corrected chi connectivity index (χ4v) is 1.43. The van der Waals surface area contributed by atoms with Gasteiger partial charge in [-0.05, 0) is 12.5 Å². The number of nitriles is 1. The van der Waals surface area contributed by atoms with Crippen molar-refractivity contribution in [2.75, 3.05) is 14.1 Å². The second kappa shape index (κ2) is 5.16. The average Bonchev–Trinajstić information content (AvgIpc) is 2.19. The van der Waals surface area contributed by atoms with Gasteiger partial charge in [0.05, 0.1) is 11.8 Å². The summed E-state index contributed by atoms with van der Waals surface area (Å²) in [5.41, 5.74) is 1.80. The lowest BCUT2D eigenvalue weighted by molar-refractivity contribution is 0.436. The monoisotopic (exact) mass is 201 g/mol. The summed E-state index contributed by atoms with van der Waals surface area (Å²) in [7, 11) is 3.70. The second-order valence-electron chi connectivity index (χ2n) is 3.56. The van der Waals surface area contributed by atoms with Gasteiger partial charge < -0.3 is 5.01 Å². The molecular weight excluding hydrogens is 186 g/mol. The molecule has 3 nitrogen and oxygen atoms in total. The Hall–Kier alpha value is -1.82. The van der Waals surface area contributed by atoms with Gasteiger partial charge in [-0.25, -0.2) is 0 Å². The molecule has 1 atom stereocenters. The molecule has 0 amide bonds. The first-order valence-electron chi connectivity index (χ1n) is 4.82. The first kappa shape index (κ1) is 11.3. The molecule has 0 radical (unpaired) electrons. The van der Waals surface area contributed by atoms with Crippen LogP contribution in [0.25, 0.3) is 0 Å². The van der Waals surface area contributed by atoms with Crippen LogP contribution in [0.15, 0.2) is 35.4 Å². The molecule has 0 aliphatic carbocycles. The van der Waals surface area contributed by atoms with Crippen molar-refractivity contribution in [2.24, 2.45) is 5.10 Å². The Morgan fingerprint density at radius 2 is 1.93 bits per heavy atom. The van der Waals surface area contributed by atoms with Gasteiger partial charge in [-0.15, -0.1) is 0 Å². The molecule has 1 aromatic rings. The van der Waals surface area contributed by atoms with E-state index >= 15 is 0 Å². The minimum absolute atomic E-state index is 0.256. The Labute approximate surface area is 90.6 Å². The summed E-state index contributed by atoms with van der Waals surface area (Å²) < 4.78 is 0. The molecule has 0 fully saturated rings. The molecule has 1 rings (SSSR count). The summed E-state index contributed by atoms with van der Waals surface area (Å²) in [5.74, 6) is -0.256. The molecule has 1 aromatic carbocycles. The normalized spacial score (nSPS) is 13.1. The lowest BCUT2D eigenvalue weighted by Gasteiger charge is -2.12. The summed E-state index contributed by atoms with van der Waals surface area (Å²) >= 11 is 0. The van der Waals surface area contributed by atoms with Crippen molar-refractivity contribution in [1.82, 2.24) is 5.01 Å². The van der Waals surface area contributed by atoms with Crippen LogP contribution in [0.3, 0.4) is 0 Å². The molecular formula is C12H15N3. The largest absolute Gasteiger partial charge is 0.303 e. The van der Waals surface area contributed by atoms with Crippen LogP contribution in [-0.4, -0.2) is 24.8 Å². The molecule has 0 heterocycles. The van der Waals surface area contributed by atoms with Crippen LogP contribution in [0, 0.1) is 11.3 Å². The zero-order valence-electron chi connectivity index (χ0n) is 9.31. The molecule has 1 unspecified atom stereocenters. The minimum atomic E-state index is -0.256. The van der Waals surface area contributed by atoms with Gasteiger partial charge in [0.2, 0.25) is 0 Å². The van der Waals surface area contributed by atoms with Crippen molar-refractivity contribution in [3.05, 3.63) is 35.9 Å². The van der Waals surface area contributed by atoms with Crippen molar-refractivity contribution in [3.63, 3.8) is 0 Å². The van der Waals surface area contributed by atoms with Crippen LogP contribution < -0.4 is 0 Å². The van der Waals surface area contributed by atoms with E-state index in [1.165, 1.54) is 0 Å². The Bertz CT molecular complexity index is 374. The van der Waals surface area contributed by atoms with Crippen LogP contribution >= 0.6 is 0 Å². The van der Waals surface area contributed by atoms with Crippen molar-refractivity contribution < 1.29 is 0 Å². The van der Waals surface area contributed by atoms with E-state index in [-0.39, 0.29) is 5.92 Å². The SMILES string of the molecule is C/C(=N\N(C)C)C(C#N)c1ccccc1. The zero-order valence-corrected chi connectivity index (χ0v) is 9.31. The third kappa shape index (κ3) is 3.10. The van der Waals surface area contributed by atoms with Crippen LogP contribution in [0.2, 0.25) is 0 Å². The molecule has 0 N–H and O–H groups in total. The summed E-state index contributed by atoms with van der Waals surface area (Å²) in [6.45, 7) is 1.88. The molecule has 3 heteroatoms. The molecule has 0 aliphatic rings. The predicted molar refractivity (Wildman–Crippen MR) is 61.6 cm³/mol. The van der Waals surface area contributed by atoms with Crippen molar-refractivity contribution in [1.29, 1.82) is 5.26 Å². The Morgan fingerprint density at radius 3 is 2.40 bits per heavy atom. The van der Waals surface area contributed by atoms with E-state index < -0.39 is 0 Å². The van der Waals surface area contributed by atoms with E-state index in [1.807, 2.05) is 51.4 Å². The van der Waals surface area contributed by atoms with Gasteiger partial charge in [0.15, 0.2) is 0 Å². The van der Waals surface area contributed by atoms with Crippen molar-refractivity contribution >= 4 is 5.71 Å². The highest BCUT2D eigenvalue weighted by Crippen LogP contribution is 2.16. The van der Waals surface area contributed by atoms with Gasteiger partial charge in [-0.1, -0.05) is 30.3 Å². The van der Waals surface area contributed by atoms with Crippen LogP contribution in [0.1, 0.15) is 18.4 Å². The highest BCUT2D eigenvalue weighted by molar-refractivity contribution is 5.91. The molecule has 0 spiro atoms. The zero-order chi connectivity index (χ0) is 11.3. The van der Waals surface area contributed by atoms with E-state index in [2.05, 4.69) is 11.2 Å². The van der Waals surface area contributed by atoms with E-state index in [1.54, 1.807) is 5.01 Å². The third-order valence-electron chi connectivity index (χ3n) is 2.04. The maximum absolute atomic E-state index is 9.11. The number of nitrogens with zero attached hydrogens (tertiary/aromatic N) is 3. The maximum atomic E-state index is 9.11. The van der Waals surface area contributed by atoms with E-state index in [9.17, 15) is 0 Å². The molecule has 0 bridgehead atoms. The number of benzene rings is 1. The fraction of sp³-hybridized carbons (Fsp3) is 0.333. The predicted octanol–water partition coefficient (Wildman–Crippen LogP) is 2.23. The van der Waals surface area contributed by atoms with Gasteiger partial charge >= 0.3 is 0 Å². The smallest absolute Gasteiger partial charge is 0.111 e. The molecule has 78 valence electrons. The molecule has 15 heavy (non-hydrogen) atoms. The molecule has 0 aromatic heterocycles. The number of hydrogen-bond acceptors (Lipinski definition) is 3. The highest BCUT2D eigenvalue weighted by atomic mass is 15.4. The van der Waals surface area contributed by atoms with Crippen LogP contribution in [0.5, 0.6) is 0 Å². The van der Waals surface area contributed by atoms with Crippen LogP contribution in [-0.2, 0) is 0 Å². The van der Waals surface area contributed by atoms with Crippen molar-refractivity contribution in [3.8, 4) is 6.07 Å². The van der Waals surface area contributed by atoms with Crippen molar-refractivity contribution in [2.45, 2.75) is 12.8 Å². The highest BCUT2D eigenvalue weighted by Gasteiger charge is 2.13. The molecule has 0 saturated heterocycles. The van der Waals surface area contributed by atoms with E-state index in [0.717, 1.165) is 11.3 Å².